The van der Waals surface area contributed by atoms with Gasteiger partial charge in [-0.3, -0.25) is 9.59 Å². The number of hydrogen-bond donors (Lipinski definition) is 2. The van der Waals surface area contributed by atoms with Crippen molar-refractivity contribution >= 4 is 35.0 Å². The highest BCUT2D eigenvalue weighted by atomic mass is 32.2. The number of halogens is 3. The van der Waals surface area contributed by atoms with Gasteiger partial charge in [0.15, 0.2) is 0 Å². The Bertz CT molecular complexity index is 1180. The predicted octanol–water partition coefficient (Wildman–Crippen LogP) is 4.40. The number of tetrazole rings is 1. The van der Waals surface area contributed by atoms with Crippen molar-refractivity contribution < 1.29 is 22.8 Å². The first-order valence-corrected chi connectivity index (χ1v) is 10.9. The smallest absolute Gasteiger partial charge is 0.324 e. The highest BCUT2D eigenvalue weighted by Crippen LogP contribution is 2.37. The molecule has 1 fully saturated rings. The zero-order chi connectivity index (χ0) is 23.6. The van der Waals surface area contributed by atoms with Crippen LogP contribution in [-0.4, -0.2) is 37.3 Å². The van der Waals surface area contributed by atoms with E-state index in [9.17, 15) is 22.8 Å². The van der Waals surface area contributed by atoms with Gasteiger partial charge in [0, 0.05) is 5.69 Å². The molecule has 1 aromatic heterocycles. The number of hydrogen-bond acceptors (Lipinski definition) is 6. The Kier molecular flexibility index (Phi) is 6.36. The number of anilines is 2. The number of benzene rings is 2. The van der Waals surface area contributed by atoms with E-state index in [-0.39, 0.29) is 28.9 Å². The van der Waals surface area contributed by atoms with Crippen molar-refractivity contribution in [2.45, 2.75) is 42.4 Å². The zero-order valence-corrected chi connectivity index (χ0v) is 18.2. The average Bonchev–Trinajstić information content (AvgIpc) is 3.52. The molecule has 1 aliphatic carbocycles. The van der Waals surface area contributed by atoms with Crippen LogP contribution in [0.5, 0.6) is 0 Å². The summed E-state index contributed by atoms with van der Waals surface area (Å²) in [6, 6.07) is 10.9. The van der Waals surface area contributed by atoms with E-state index in [1.807, 2.05) is 0 Å². The number of carbonyl (C=O) groups is 2. The van der Waals surface area contributed by atoms with Crippen LogP contribution >= 0.6 is 11.8 Å². The van der Waals surface area contributed by atoms with Crippen molar-refractivity contribution in [3.05, 3.63) is 59.7 Å². The maximum Gasteiger partial charge on any atom is 0.416 e. The Morgan fingerprint density at radius 1 is 1.12 bits per heavy atom. The first-order chi connectivity index (χ1) is 15.7. The van der Waals surface area contributed by atoms with Gasteiger partial charge in [-0.1, -0.05) is 30.0 Å². The molecule has 1 unspecified atom stereocenters. The van der Waals surface area contributed by atoms with Crippen LogP contribution in [0.2, 0.25) is 0 Å². The Balaban J connectivity index is 1.45. The van der Waals surface area contributed by atoms with E-state index < -0.39 is 22.9 Å². The van der Waals surface area contributed by atoms with Crippen LogP contribution < -0.4 is 10.6 Å². The maximum absolute atomic E-state index is 12.9. The minimum absolute atomic E-state index is 0.00760. The van der Waals surface area contributed by atoms with Crippen LogP contribution in [0.4, 0.5) is 24.5 Å². The van der Waals surface area contributed by atoms with Crippen molar-refractivity contribution in [1.82, 2.24) is 20.2 Å². The average molecular weight is 476 g/mol. The van der Waals surface area contributed by atoms with Gasteiger partial charge in [0.05, 0.1) is 28.1 Å². The third kappa shape index (κ3) is 5.51. The van der Waals surface area contributed by atoms with Crippen LogP contribution in [0.1, 0.15) is 41.7 Å². The Hall–Kier alpha value is -3.41. The van der Waals surface area contributed by atoms with Crippen molar-refractivity contribution in [1.29, 1.82) is 0 Å². The molecule has 0 radical (unpaired) electrons. The minimum atomic E-state index is -4.53. The van der Waals surface area contributed by atoms with E-state index >= 15 is 0 Å². The van der Waals surface area contributed by atoms with Gasteiger partial charge in [0.2, 0.25) is 11.1 Å². The van der Waals surface area contributed by atoms with Crippen molar-refractivity contribution in [3.8, 4) is 0 Å². The highest BCUT2D eigenvalue weighted by molar-refractivity contribution is 8.00. The standard InChI is InChI=1S/C21H19F3N6O2S/c1-12(33-20-27-28-29-30(20)15-9-10-15)18(31)26-17-8-3-2-7-16(17)19(32)25-14-6-4-5-13(11-14)21(22,23)24/h2-8,11-12,15H,9-10H2,1H3,(H,25,32)(H,26,31). The molecule has 2 amide bonds. The monoisotopic (exact) mass is 476 g/mol. The van der Waals surface area contributed by atoms with Gasteiger partial charge < -0.3 is 10.6 Å². The summed E-state index contributed by atoms with van der Waals surface area (Å²) in [7, 11) is 0. The molecule has 12 heteroatoms. The van der Waals surface area contributed by atoms with E-state index in [1.165, 1.54) is 30.0 Å². The minimum Gasteiger partial charge on any atom is -0.324 e. The predicted molar refractivity (Wildman–Crippen MR) is 116 cm³/mol. The lowest BCUT2D eigenvalue weighted by molar-refractivity contribution is -0.137. The topological polar surface area (TPSA) is 102 Å². The molecule has 33 heavy (non-hydrogen) atoms. The summed E-state index contributed by atoms with van der Waals surface area (Å²) in [6.07, 6.45) is -2.54. The van der Waals surface area contributed by atoms with Gasteiger partial charge in [0.1, 0.15) is 0 Å². The summed E-state index contributed by atoms with van der Waals surface area (Å²) < 4.78 is 40.5. The molecule has 0 bridgehead atoms. The number of rotatable bonds is 7. The highest BCUT2D eigenvalue weighted by Gasteiger charge is 2.31. The lowest BCUT2D eigenvalue weighted by Crippen LogP contribution is -2.25. The van der Waals surface area contributed by atoms with Crippen molar-refractivity contribution in [2.24, 2.45) is 0 Å². The molecule has 1 heterocycles. The third-order valence-corrected chi connectivity index (χ3v) is 5.93. The van der Waals surface area contributed by atoms with Gasteiger partial charge in [-0.15, -0.1) is 5.10 Å². The summed E-state index contributed by atoms with van der Waals surface area (Å²) in [5.41, 5.74) is -0.530. The Labute approximate surface area is 190 Å². The molecule has 172 valence electrons. The summed E-state index contributed by atoms with van der Waals surface area (Å²) >= 11 is 1.20. The molecule has 2 N–H and O–H groups in total. The van der Waals surface area contributed by atoms with Crippen LogP contribution in [0.3, 0.4) is 0 Å². The largest absolute Gasteiger partial charge is 0.416 e. The number of amides is 2. The molecular weight excluding hydrogens is 457 g/mol. The second kappa shape index (κ2) is 9.22. The lowest BCUT2D eigenvalue weighted by atomic mass is 10.1. The van der Waals surface area contributed by atoms with Crippen LogP contribution in [-0.2, 0) is 11.0 Å². The van der Waals surface area contributed by atoms with Gasteiger partial charge in [0.25, 0.3) is 5.91 Å². The molecule has 1 aliphatic rings. The Morgan fingerprint density at radius 2 is 1.88 bits per heavy atom. The molecule has 1 atom stereocenters. The fourth-order valence-electron chi connectivity index (χ4n) is 3.02. The van der Waals surface area contributed by atoms with E-state index in [1.54, 1.807) is 29.8 Å². The number of nitrogens with one attached hydrogen (secondary N) is 2. The number of nitrogens with zero attached hydrogens (tertiary/aromatic N) is 4. The number of alkyl halides is 3. The first kappa shape index (κ1) is 22.8. The molecule has 0 spiro atoms. The van der Waals surface area contributed by atoms with Crippen LogP contribution in [0, 0.1) is 0 Å². The van der Waals surface area contributed by atoms with Crippen LogP contribution in [0.25, 0.3) is 0 Å². The summed E-state index contributed by atoms with van der Waals surface area (Å²) in [5.74, 6) is -1.02. The molecule has 3 aromatic rings. The lowest BCUT2D eigenvalue weighted by Gasteiger charge is -2.15. The SMILES string of the molecule is CC(Sc1nnnn1C1CC1)C(=O)Nc1ccccc1C(=O)Nc1cccc(C(F)(F)F)c1. The maximum atomic E-state index is 12.9. The molecule has 8 nitrogen and oxygen atoms in total. The first-order valence-electron chi connectivity index (χ1n) is 10.1. The van der Waals surface area contributed by atoms with Crippen LogP contribution in [0.15, 0.2) is 53.7 Å². The molecule has 4 rings (SSSR count). The van der Waals surface area contributed by atoms with Gasteiger partial charge in [-0.05, 0) is 60.5 Å². The fraction of sp³-hybridized carbons (Fsp3) is 0.286. The summed E-state index contributed by atoms with van der Waals surface area (Å²) in [5, 5.41) is 16.7. The number of thioether (sulfide) groups is 1. The van der Waals surface area contributed by atoms with Gasteiger partial charge in [-0.2, -0.15) is 13.2 Å². The molecule has 0 saturated heterocycles. The summed E-state index contributed by atoms with van der Waals surface area (Å²) in [4.78, 5) is 25.5. The fourth-order valence-corrected chi connectivity index (χ4v) is 3.88. The molecule has 2 aromatic carbocycles. The van der Waals surface area contributed by atoms with E-state index in [4.69, 9.17) is 0 Å². The summed E-state index contributed by atoms with van der Waals surface area (Å²) in [6.45, 7) is 1.69. The normalized spacial score (nSPS) is 14.5. The number of aromatic nitrogens is 4. The quantitative estimate of drug-likeness (QED) is 0.490. The molecule has 1 saturated carbocycles. The number of carbonyl (C=O) groups excluding carboxylic acids is 2. The zero-order valence-electron chi connectivity index (χ0n) is 17.3. The van der Waals surface area contributed by atoms with Gasteiger partial charge in [-0.25, -0.2) is 4.68 Å². The second-order valence-corrected chi connectivity index (χ2v) is 8.77. The molecular formula is C21H19F3N6O2S. The van der Waals surface area contributed by atoms with Gasteiger partial charge >= 0.3 is 6.18 Å². The van der Waals surface area contributed by atoms with Crippen molar-refractivity contribution in [3.63, 3.8) is 0 Å². The van der Waals surface area contributed by atoms with E-state index in [2.05, 4.69) is 26.2 Å². The second-order valence-electron chi connectivity index (χ2n) is 7.46. The van der Waals surface area contributed by atoms with Crippen molar-refractivity contribution in [2.75, 3.05) is 10.6 Å². The molecule has 0 aliphatic heterocycles. The van der Waals surface area contributed by atoms with E-state index in [0.717, 1.165) is 25.0 Å². The van der Waals surface area contributed by atoms with E-state index in [0.29, 0.717) is 5.16 Å². The Morgan fingerprint density at radius 3 is 2.61 bits per heavy atom. The third-order valence-electron chi connectivity index (χ3n) is 4.88. The number of para-hydroxylation sites is 1.